The van der Waals surface area contributed by atoms with Crippen LogP contribution < -0.4 is 4.90 Å². The van der Waals surface area contributed by atoms with Crippen LogP contribution in [0.15, 0.2) is 54.6 Å². The quantitative estimate of drug-likeness (QED) is 0.384. The van der Waals surface area contributed by atoms with Gasteiger partial charge in [-0.05, 0) is 94.7 Å². The first-order valence-corrected chi connectivity index (χ1v) is 12.2. The van der Waals surface area contributed by atoms with E-state index in [1.807, 2.05) is 51.1 Å². The Morgan fingerprint density at radius 2 is 1.44 bits per heavy atom. The molecule has 3 rings (SSSR count). The molecule has 0 atom stereocenters. The highest BCUT2D eigenvalue weighted by atomic mass is 35.5. The lowest BCUT2D eigenvalue weighted by molar-refractivity contribution is -0.160. The molecule has 0 aromatic heterocycles. The summed E-state index contributed by atoms with van der Waals surface area (Å²) in [5.41, 5.74) is 0.937. The van der Waals surface area contributed by atoms with Crippen LogP contribution in [0, 0.1) is 11.8 Å². The molecular weight excluding hydrogens is 454 g/mol. The normalized spacial score (nSPS) is 18.2. The fourth-order valence-electron chi connectivity index (χ4n) is 4.03. The number of halogens is 1. The van der Waals surface area contributed by atoms with Crippen molar-refractivity contribution >= 4 is 35.0 Å². The zero-order valence-corrected chi connectivity index (χ0v) is 20.9. The minimum absolute atomic E-state index is 0.0190. The van der Waals surface area contributed by atoms with E-state index in [0.29, 0.717) is 35.8 Å². The standard InChI is InChI=1S/C27H34ClNO5/c1-27(2,3)34-25(30)19-32-17-20-9-11-21(12-10-20)18-33-26(31)29(23-7-5-4-6-8-23)24-15-13-22(28)14-16-24/h4-8,13-16,20-21H,9-12,17-19H2,1-3H3. The lowest BCUT2D eigenvalue weighted by atomic mass is 9.83. The molecule has 7 heteroatoms. The number of para-hydroxylation sites is 1. The summed E-state index contributed by atoms with van der Waals surface area (Å²) in [7, 11) is 0. The highest BCUT2D eigenvalue weighted by Crippen LogP contribution is 2.31. The van der Waals surface area contributed by atoms with Crippen molar-refractivity contribution in [3.8, 4) is 0 Å². The van der Waals surface area contributed by atoms with Crippen LogP contribution >= 0.6 is 11.6 Å². The van der Waals surface area contributed by atoms with E-state index in [9.17, 15) is 9.59 Å². The van der Waals surface area contributed by atoms with Crippen molar-refractivity contribution in [3.63, 3.8) is 0 Å². The summed E-state index contributed by atoms with van der Waals surface area (Å²) in [6.07, 6.45) is 3.48. The molecule has 6 nitrogen and oxygen atoms in total. The van der Waals surface area contributed by atoms with Crippen molar-refractivity contribution in [2.24, 2.45) is 11.8 Å². The van der Waals surface area contributed by atoms with Gasteiger partial charge in [0.1, 0.15) is 12.2 Å². The second-order valence-electron chi connectivity index (χ2n) is 9.71. The maximum Gasteiger partial charge on any atom is 0.418 e. The van der Waals surface area contributed by atoms with Gasteiger partial charge in [0.15, 0.2) is 0 Å². The summed E-state index contributed by atoms with van der Waals surface area (Å²) >= 11 is 6.02. The van der Waals surface area contributed by atoms with Crippen molar-refractivity contribution in [2.45, 2.75) is 52.1 Å². The Morgan fingerprint density at radius 3 is 2.03 bits per heavy atom. The summed E-state index contributed by atoms with van der Waals surface area (Å²) in [5, 5.41) is 0.608. The summed E-state index contributed by atoms with van der Waals surface area (Å²) in [6.45, 7) is 6.43. The molecule has 2 aromatic rings. The minimum Gasteiger partial charge on any atom is -0.458 e. The Morgan fingerprint density at radius 1 is 0.882 bits per heavy atom. The summed E-state index contributed by atoms with van der Waals surface area (Å²) in [4.78, 5) is 26.4. The molecule has 0 N–H and O–H groups in total. The van der Waals surface area contributed by atoms with Gasteiger partial charge in [-0.1, -0.05) is 29.8 Å². The first-order valence-electron chi connectivity index (χ1n) is 11.8. The molecule has 0 aliphatic heterocycles. The average Bonchev–Trinajstić information content (AvgIpc) is 2.79. The van der Waals surface area contributed by atoms with Crippen molar-refractivity contribution in [1.82, 2.24) is 0 Å². The third-order valence-electron chi connectivity index (χ3n) is 5.68. The summed E-state index contributed by atoms with van der Waals surface area (Å²) in [6, 6.07) is 16.5. The number of rotatable bonds is 8. The summed E-state index contributed by atoms with van der Waals surface area (Å²) in [5.74, 6) is 0.384. The van der Waals surface area contributed by atoms with E-state index < -0.39 is 11.7 Å². The van der Waals surface area contributed by atoms with Gasteiger partial charge in [-0.15, -0.1) is 0 Å². The van der Waals surface area contributed by atoms with Gasteiger partial charge in [0.25, 0.3) is 0 Å². The Hall–Kier alpha value is -2.57. The van der Waals surface area contributed by atoms with Crippen LogP contribution in [0.5, 0.6) is 0 Å². The maximum absolute atomic E-state index is 13.0. The number of hydrogen-bond acceptors (Lipinski definition) is 5. The first kappa shape index (κ1) is 26.0. The number of amides is 1. The number of hydrogen-bond donors (Lipinski definition) is 0. The molecule has 2 aromatic carbocycles. The second-order valence-corrected chi connectivity index (χ2v) is 10.1. The zero-order chi connectivity index (χ0) is 24.6. The van der Waals surface area contributed by atoms with Gasteiger partial charge in [-0.2, -0.15) is 0 Å². The van der Waals surface area contributed by atoms with E-state index in [1.165, 1.54) is 0 Å². The van der Waals surface area contributed by atoms with Crippen molar-refractivity contribution in [3.05, 3.63) is 59.6 Å². The van der Waals surface area contributed by atoms with Crippen LogP contribution in [0.1, 0.15) is 46.5 Å². The largest absolute Gasteiger partial charge is 0.458 e. The number of carbonyl (C=O) groups is 2. The van der Waals surface area contributed by atoms with Crippen molar-refractivity contribution in [1.29, 1.82) is 0 Å². The molecule has 34 heavy (non-hydrogen) atoms. The van der Waals surface area contributed by atoms with Crippen LogP contribution in [0.4, 0.5) is 16.2 Å². The maximum atomic E-state index is 13.0. The van der Waals surface area contributed by atoms with Crippen LogP contribution in [-0.2, 0) is 19.0 Å². The first-order chi connectivity index (χ1) is 16.2. The monoisotopic (exact) mass is 487 g/mol. The van der Waals surface area contributed by atoms with Gasteiger partial charge in [-0.25, -0.2) is 14.5 Å². The molecule has 0 spiro atoms. The number of carbonyl (C=O) groups excluding carboxylic acids is 2. The van der Waals surface area contributed by atoms with E-state index in [4.69, 9.17) is 25.8 Å². The van der Waals surface area contributed by atoms with Crippen LogP contribution in [-0.4, -0.2) is 37.5 Å². The minimum atomic E-state index is -0.500. The van der Waals surface area contributed by atoms with Gasteiger partial charge in [-0.3, -0.25) is 0 Å². The molecule has 1 amide bonds. The molecule has 0 unspecified atom stereocenters. The molecule has 1 aliphatic rings. The SMILES string of the molecule is CC(C)(C)OC(=O)COCC1CCC(COC(=O)N(c2ccccc2)c2ccc(Cl)cc2)CC1. The molecule has 1 aliphatic carbocycles. The third-order valence-corrected chi connectivity index (χ3v) is 5.94. The Bertz CT molecular complexity index is 918. The molecule has 1 saturated carbocycles. The smallest absolute Gasteiger partial charge is 0.418 e. The van der Waals surface area contributed by atoms with Crippen LogP contribution in [0.25, 0.3) is 0 Å². The van der Waals surface area contributed by atoms with Gasteiger partial charge >= 0.3 is 12.1 Å². The van der Waals surface area contributed by atoms with Crippen molar-refractivity contribution in [2.75, 3.05) is 24.7 Å². The fourth-order valence-corrected chi connectivity index (χ4v) is 4.15. The molecular formula is C27H34ClNO5. The molecule has 0 saturated heterocycles. The average molecular weight is 488 g/mol. The molecule has 1 fully saturated rings. The second kappa shape index (κ2) is 12.2. The number of benzene rings is 2. The topological polar surface area (TPSA) is 65.1 Å². The van der Waals surface area contributed by atoms with E-state index in [0.717, 1.165) is 31.4 Å². The predicted octanol–water partition coefficient (Wildman–Crippen LogP) is 6.78. The van der Waals surface area contributed by atoms with Crippen LogP contribution in [0.3, 0.4) is 0 Å². The van der Waals surface area contributed by atoms with Gasteiger partial charge in [0.05, 0.1) is 24.6 Å². The number of nitrogens with zero attached hydrogens (tertiary/aromatic N) is 1. The van der Waals surface area contributed by atoms with Crippen molar-refractivity contribution < 1.29 is 23.8 Å². The number of ether oxygens (including phenoxy) is 3. The Kier molecular flexibility index (Phi) is 9.36. The highest BCUT2D eigenvalue weighted by Gasteiger charge is 2.25. The number of esters is 1. The van der Waals surface area contributed by atoms with E-state index in [-0.39, 0.29) is 12.6 Å². The lowest BCUT2D eigenvalue weighted by Gasteiger charge is -2.29. The van der Waals surface area contributed by atoms with Gasteiger partial charge in [0.2, 0.25) is 0 Å². The molecule has 0 radical (unpaired) electrons. The molecule has 0 bridgehead atoms. The van der Waals surface area contributed by atoms with E-state index >= 15 is 0 Å². The van der Waals surface area contributed by atoms with E-state index in [2.05, 4.69) is 0 Å². The Balaban J connectivity index is 1.45. The Labute approximate surface area is 207 Å². The van der Waals surface area contributed by atoms with E-state index in [1.54, 1.807) is 29.2 Å². The highest BCUT2D eigenvalue weighted by molar-refractivity contribution is 6.30. The molecule has 0 heterocycles. The third kappa shape index (κ3) is 8.33. The summed E-state index contributed by atoms with van der Waals surface area (Å²) < 4.78 is 16.6. The molecule has 184 valence electrons. The fraction of sp³-hybridized carbons (Fsp3) is 0.481. The predicted molar refractivity (Wildman–Crippen MR) is 133 cm³/mol. The van der Waals surface area contributed by atoms with Gasteiger partial charge < -0.3 is 14.2 Å². The van der Waals surface area contributed by atoms with Gasteiger partial charge in [0, 0.05) is 5.02 Å². The lowest BCUT2D eigenvalue weighted by Crippen LogP contribution is -2.30. The van der Waals surface area contributed by atoms with Crippen LogP contribution in [0.2, 0.25) is 5.02 Å². The zero-order valence-electron chi connectivity index (χ0n) is 20.2. The number of anilines is 2.